The largest absolute Gasteiger partial charge is 0.396 e. The van der Waals surface area contributed by atoms with Crippen molar-refractivity contribution in [1.29, 1.82) is 0 Å². The van der Waals surface area contributed by atoms with Gasteiger partial charge in [-0.25, -0.2) is 9.97 Å². The minimum Gasteiger partial charge on any atom is -0.396 e. The Hall–Kier alpha value is -2.74. The molecule has 0 aliphatic rings. The van der Waals surface area contributed by atoms with Gasteiger partial charge in [0.25, 0.3) is 0 Å². The van der Waals surface area contributed by atoms with Gasteiger partial charge in [-0.1, -0.05) is 5.16 Å². The van der Waals surface area contributed by atoms with Gasteiger partial charge in [0.1, 0.15) is 35.6 Å². The van der Waals surface area contributed by atoms with Crippen molar-refractivity contribution in [2.24, 2.45) is 5.16 Å². The predicted octanol–water partition coefficient (Wildman–Crippen LogP) is 3.68. The Bertz CT molecular complexity index is 962. The van der Waals surface area contributed by atoms with E-state index in [9.17, 15) is 0 Å². The summed E-state index contributed by atoms with van der Waals surface area (Å²) in [7, 11) is 0. The molecule has 0 saturated heterocycles. The van der Waals surface area contributed by atoms with Gasteiger partial charge < -0.3 is 19.9 Å². The Morgan fingerprint density at radius 1 is 1.18 bits per heavy atom. The fourth-order valence-electron chi connectivity index (χ4n) is 3.10. The third kappa shape index (κ3) is 4.56. The second kappa shape index (κ2) is 9.45. The molecule has 0 atom stereocenters. The van der Waals surface area contributed by atoms with Crippen LogP contribution >= 0.6 is 0 Å². The highest BCUT2D eigenvalue weighted by Gasteiger charge is 2.17. The molecule has 0 bridgehead atoms. The quantitative estimate of drug-likeness (QED) is 0.325. The number of nitrogen functional groups attached to an aromatic ring is 1. The number of hydrogen-bond acceptors (Lipinski definition) is 7. The van der Waals surface area contributed by atoms with Crippen molar-refractivity contribution in [3.63, 3.8) is 0 Å². The monoisotopic (exact) mass is 384 g/mol. The molecule has 0 spiro atoms. The van der Waals surface area contributed by atoms with Crippen LogP contribution in [0.2, 0.25) is 0 Å². The third-order valence-corrected chi connectivity index (χ3v) is 4.34. The number of unbranched alkanes of at least 4 members (excludes halogenated alkanes) is 2. The number of fused-ring (bicyclic) bond motifs is 3. The molecule has 3 rings (SSSR count). The van der Waals surface area contributed by atoms with Crippen molar-refractivity contribution in [2.45, 2.75) is 53.2 Å². The van der Waals surface area contributed by atoms with Crippen LogP contribution in [0.5, 0.6) is 0 Å². The molecule has 0 aliphatic heterocycles. The number of hydrogen-bond donors (Lipinski definition) is 1. The highest BCUT2D eigenvalue weighted by atomic mass is 16.6. The lowest BCUT2D eigenvalue weighted by atomic mass is 10.2. The molecular formula is C20H28N6O2. The third-order valence-electron chi connectivity index (χ3n) is 4.34. The number of ether oxygens (including phenoxy) is 1. The molecule has 28 heavy (non-hydrogen) atoms. The summed E-state index contributed by atoms with van der Waals surface area (Å²) >= 11 is 0. The topological polar surface area (TPSA) is 100 Å². The second-order valence-electron chi connectivity index (χ2n) is 6.81. The Balaban J connectivity index is 1.83. The molecule has 0 aromatic carbocycles. The molecule has 0 unspecified atom stereocenters. The lowest BCUT2D eigenvalue weighted by Crippen LogP contribution is -2.07. The molecule has 150 valence electrons. The van der Waals surface area contributed by atoms with E-state index < -0.39 is 0 Å². The van der Waals surface area contributed by atoms with Gasteiger partial charge in [0.15, 0.2) is 5.82 Å². The van der Waals surface area contributed by atoms with E-state index in [1.807, 2.05) is 32.9 Å². The van der Waals surface area contributed by atoms with Gasteiger partial charge >= 0.3 is 0 Å². The van der Waals surface area contributed by atoms with E-state index in [2.05, 4.69) is 19.7 Å². The summed E-state index contributed by atoms with van der Waals surface area (Å²) < 4.78 is 7.80. The van der Waals surface area contributed by atoms with Crippen LogP contribution in [-0.2, 0) is 22.7 Å². The number of nitrogens with two attached hydrogens (primary N) is 1. The molecule has 0 saturated carbocycles. The van der Waals surface area contributed by atoms with Crippen molar-refractivity contribution in [2.75, 3.05) is 18.9 Å². The zero-order valence-electron chi connectivity index (χ0n) is 16.8. The Morgan fingerprint density at radius 2 is 2.04 bits per heavy atom. The number of oxime groups is 1. The summed E-state index contributed by atoms with van der Waals surface area (Å²) in [5.41, 5.74) is 10.3. The zero-order chi connectivity index (χ0) is 19.9. The van der Waals surface area contributed by atoms with Crippen molar-refractivity contribution in [3.05, 3.63) is 24.2 Å². The molecule has 3 heterocycles. The smallest absolute Gasteiger partial charge is 0.152 e. The average molecular weight is 384 g/mol. The minimum atomic E-state index is 0.424. The number of nitrogens with zero attached hydrogens (tertiary/aromatic N) is 5. The molecule has 2 N–H and O–H groups in total. The standard InChI is InChI=1S/C20H28N6O2/c1-4-27-13-16-24-18-19(17-15(23-20(18)21)9-8-10-22-17)26(16)11-6-5-7-12-28-25-14(2)3/h8-10H,4-7,11-13H2,1-3H3,(H2,21,23). The summed E-state index contributed by atoms with van der Waals surface area (Å²) in [4.78, 5) is 19.0. The van der Waals surface area contributed by atoms with Crippen LogP contribution < -0.4 is 5.73 Å². The van der Waals surface area contributed by atoms with E-state index in [1.165, 1.54) is 0 Å². The van der Waals surface area contributed by atoms with Crippen molar-refractivity contribution < 1.29 is 9.57 Å². The Kier molecular flexibility index (Phi) is 6.76. The number of imidazole rings is 1. The SMILES string of the molecule is CCOCc1nc2c(N)nc3cccnc3c2n1CCCCCON=C(C)C. The van der Waals surface area contributed by atoms with Crippen LogP contribution in [0, 0.1) is 0 Å². The molecule has 0 aliphatic carbocycles. The summed E-state index contributed by atoms with van der Waals surface area (Å²) in [6.07, 6.45) is 4.73. The van der Waals surface area contributed by atoms with Gasteiger partial charge in [-0.3, -0.25) is 4.98 Å². The van der Waals surface area contributed by atoms with Gasteiger partial charge in [-0.05, 0) is 52.2 Å². The molecular weight excluding hydrogens is 356 g/mol. The first-order valence-electron chi connectivity index (χ1n) is 9.72. The molecule has 0 amide bonds. The van der Waals surface area contributed by atoms with Crippen molar-refractivity contribution in [3.8, 4) is 0 Å². The molecule has 0 radical (unpaired) electrons. The fraction of sp³-hybridized carbons (Fsp3) is 0.500. The van der Waals surface area contributed by atoms with E-state index >= 15 is 0 Å². The van der Waals surface area contributed by atoms with E-state index in [4.69, 9.17) is 20.3 Å². The van der Waals surface area contributed by atoms with Crippen LogP contribution in [0.4, 0.5) is 5.82 Å². The number of rotatable bonds is 10. The van der Waals surface area contributed by atoms with Gasteiger partial charge in [0, 0.05) is 19.3 Å². The fourth-order valence-corrected chi connectivity index (χ4v) is 3.10. The number of anilines is 1. The van der Waals surface area contributed by atoms with Crippen molar-refractivity contribution >= 4 is 33.6 Å². The van der Waals surface area contributed by atoms with Gasteiger partial charge in [0.2, 0.25) is 0 Å². The van der Waals surface area contributed by atoms with Crippen LogP contribution in [0.15, 0.2) is 23.5 Å². The zero-order valence-corrected chi connectivity index (χ0v) is 16.8. The number of aryl methyl sites for hydroxylation is 1. The Morgan fingerprint density at radius 3 is 2.82 bits per heavy atom. The summed E-state index contributed by atoms with van der Waals surface area (Å²) in [5, 5.41) is 3.96. The van der Waals surface area contributed by atoms with Crippen molar-refractivity contribution in [1.82, 2.24) is 19.5 Å². The molecule has 8 nitrogen and oxygen atoms in total. The maximum absolute atomic E-state index is 6.18. The van der Waals surface area contributed by atoms with E-state index in [1.54, 1.807) is 6.20 Å². The number of aromatic nitrogens is 4. The number of pyridine rings is 2. The molecule has 8 heteroatoms. The molecule has 0 fully saturated rings. The molecule has 3 aromatic rings. The first-order valence-corrected chi connectivity index (χ1v) is 9.72. The predicted molar refractivity (Wildman–Crippen MR) is 111 cm³/mol. The first kappa shape index (κ1) is 20.0. The highest BCUT2D eigenvalue weighted by molar-refractivity contribution is 6.04. The lowest BCUT2D eigenvalue weighted by molar-refractivity contribution is 0.125. The van der Waals surface area contributed by atoms with E-state index in [-0.39, 0.29) is 0 Å². The normalized spacial score (nSPS) is 11.2. The summed E-state index contributed by atoms with van der Waals surface area (Å²) in [6.45, 7) is 8.32. The van der Waals surface area contributed by atoms with Crippen LogP contribution in [0.3, 0.4) is 0 Å². The highest BCUT2D eigenvalue weighted by Crippen LogP contribution is 2.28. The lowest BCUT2D eigenvalue weighted by Gasteiger charge is -2.10. The van der Waals surface area contributed by atoms with Gasteiger partial charge in [0.05, 0.1) is 11.2 Å². The molecule has 3 aromatic heterocycles. The van der Waals surface area contributed by atoms with Crippen LogP contribution in [0.25, 0.3) is 22.1 Å². The summed E-state index contributed by atoms with van der Waals surface area (Å²) in [6, 6.07) is 3.79. The maximum atomic E-state index is 6.18. The van der Waals surface area contributed by atoms with Gasteiger partial charge in [-0.2, -0.15) is 0 Å². The Labute approximate surface area is 164 Å². The minimum absolute atomic E-state index is 0.424. The van der Waals surface area contributed by atoms with Crippen LogP contribution in [-0.4, -0.2) is 38.4 Å². The van der Waals surface area contributed by atoms with E-state index in [0.29, 0.717) is 31.2 Å². The first-order chi connectivity index (χ1) is 13.6. The van der Waals surface area contributed by atoms with Crippen LogP contribution in [0.1, 0.15) is 45.9 Å². The van der Waals surface area contributed by atoms with Gasteiger partial charge in [-0.15, -0.1) is 0 Å². The second-order valence-corrected chi connectivity index (χ2v) is 6.81. The average Bonchev–Trinajstić information content (AvgIpc) is 3.05. The maximum Gasteiger partial charge on any atom is 0.152 e. The van der Waals surface area contributed by atoms with E-state index in [0.717, 1.165) is 53.9 Å². The summed E-state index contributed by atoms with van der Waals surface area (Å²) in [5.74, 6) is 1.28.